The summed E-state index contributed by atoms with van der Waals surface area (Å²) in [4.78, 5) is 0. The van der Waals surface area contributed by atoms with Gasteiger partial charge in [0.1, 0.15) is 0 Å². The van der Waals surface area contributed by atoms with Crippen LogP contribution in [0, 0.1) is 17.2 Å². The Labute approximate surface area is 210 Å². The van der Waals surface area contributed by atoms with Crippen LogP contribution in [0.25, 0.3) is 0 Å². The zero-order valence-electron chi connectivity index (χ0n) is 21.7. The summed E-state index contributed by atoms with van der Waals surface area (Å²) in [5.74, 6) is -1.73. The van der Waals surface area contributed by atoms with Gasteiger partial charge in [0.15, 0.2) is 17.2 Å². The molecule has 0 aliphatic carbocycles. The van der Waals surface area contributed by atoms with Gasteiger partial charge in [0.05, 0.1) is 31.0 Å². The summed E-state index contributed by atoms with van der Waals surface area (Å²) in [6.45, 7) is 16.7. The highest BCUT2D eigenvalue weighted by Gasteiger charge is 2.51. The lowest BCUT2D eigenvalue weighted by molar-refractivity contribution is -0.346. The Morgan fingerprint density at radius 1 is 1.06 bits per heavy atom. The highest BCUT2D eigenvalue weighted by molar-refractivity contribution is 5.13. The summed E-state index contributed by atoms with van der Waals surface area (Å²) < 4.78 is 30.8. The lowest BCUT2D eigenvalue weighted by Crippen LogP contribution is -2.57. The van der Waals surface area contributed by atoms with E-state index in [4.69, 9.17) is 23.7 Å². The van der Waals surface area contributed by atoms with Crippen LogP contribution in [0.4, 0.5) is 0 Å². The number of nitrogens with zero attached hydrogens (tertiary/aromatic N) is 1. The number of hydrogen-bond acceptors (Lipinski definition) is 6. The molecule has 6 heteroatoms. The largest absolute Gasteiger partial charge is 0.377 e. The molecular formula is C29H41NO5. The van der Waals surface area contributed by atoms with Crippen LogP contribution >= 0.6 is 0 Å². The van der Waals surface area contributed by atoms with E-state index in [2.05, 4.69) is 31.4 Å². The normalized spacial score (nSPS) is 31.9. The zero-order chi connectivity index (χ0) is 25.5. The summed E-state index contributed by atoms with van der Waals surface area (Å²) in [6, 6.07) is 12.6. The van der Waals surface area contributed by atoms with Gasteiger partial charge in [-0.3, -0.25) is 0 Å². The molecule has 2 aliphatic heterocycles. The molecule has 0 unspecified atom stereocenters. The monoisotopic (exact) mass is 483 g/mol. The molecule has 0 aromatic heterocycles. The molecule has 1 aromatic carbocycles. The molecule has 0 bridgehead atoms. The van der Waals surface area contributed by atoms with E-state index in [-0.39, 0.29) is 24.2 Å². The second-order valence-corrected chi connectivity index (χ2v) is 10.5. The van der Waals surface area contributed by atoms with Crippen molar-refractivity contribution in [2.45, 2.75) is 102 Å². The van der Waals surface area contributed by atoms with E-state index in [1.807, 2.05) is 58.0 Å². The second kappa shape index (κ2) is 11.8. The van der Waals surface area contributed by atoms with E-state index in [9.17, 15) is 5.26 Å². The number of nitriles is 1. The molecular weight excluding hydrogens is 442 g/mol. The van der Waals surface area contributed by atoms with Crippen molar-refractivity contribution < 1.29 is 23.7 Å². The van der Waals surface area contributed by atoms with Gasteiger partial charge in [0.2, 0.25) is 0 Å². The molecule has 3 rings (SSSR count). The maximum absolute atomic E-state index is 10.3. The number of hydrogen-bond donors (Lipinski definition) is 0. The average Bonchev–Trinajstić information content (AvgIpc) is 2.78. The SMILES string of the molecule is C=CC[C@@H]1OC(C)(C)O[C@@H](C[C@]2(C#N)C[C@H](CCCOCc3ccccc3)OC(C)(C)O2)[C@H]1C=C. The second-order valence-electron chi connectivity index (χ2n) is 10.5. The molecule has 6 nitrogen and oxygen atoms in total. The first-order chi connectivity index (χ1) is 16.6. The van der Waals surface area contributed by atoms with Crippen molar-refractivity contribution in [1.82, 2.24) is 0 Å². The molecule has 35 heavy (non-hydrogen) atoms. The fourth-order valence-corrected chi connectivity index (χ4v) is 5.25. The highest BCUT2D eigenvalue weighted by Crippen LogP contribution is 2.43. The summed E-state index contributed by atoms with van der Waals surface area (Å²) >= 11 is 0. The number of rotatable bonds is 11. The minimum Gasteiger partial charge on any atom is -0.377 e. The third-order valence-electron chi connectivity index (χ3n) is 6.51. The van der Waals surface area contributed by atoms with E-state index in [1.165, 1.54) is 0 Å². The summed E-state index contributed by atoms with van der Waals surface area (Å²) in [5, 5.41) is 10.3. The predicted octanol–water partition coefficient (Wildman–Crippen LogP) is 6.08. The summed E-state index contributed by atoms with van der Waals surface area (Å²) in [7, 11) is 0. The molecule has 0 radical (unpaired) electrons. The van der Waals surface area contributed by atoms with Crippen molar-refractivity contribution in [3.8, 4) is 6.07 Å². The maximum atomic E-state index is 10.3. The van der Waals surface area contributed by atoms with Gasteiger partial charge in [-0.15, -0.1) is 13.2 Å². The van der Waals surface area contributed by atoms with E-state index < -0.39 is 17.2 Å². The Hall–Kier alpha value is -2.01. The van der Waals surface area contributed by atoms with Crippen LogP contribution in [0.3, 0.4) is 0 Å². The van der Waals surface area contributed by atoms with Crippen LogP contribution in [0.1, 0.15) is 65.4 Å². The van der Waals surface area contributed by atoms with Gasteiger partial charge >= 0.3 is 0 Å². The van der Waals surface area contributed by atoms with Crippen LogP contribution in [-0.2, 0) is 30.3 Å². The van der Waals surface area contributed by atoms with E-state index in [0.717, 1.165) is 18.4 Å². The Balaban J connectivity index is 1.64. The first kappa shape index (κ1) is 27.6. The topological polar surface area (TPSA) is 69.9 Å². The Kier molecular flexibility index (Phi) is 9.31. The molecule has 0 amide bonds. The van der Waals surface area contributed by atoms with Crippen LogP contribution in [0.15, 0.2) is 55.6 Å². The summed E-state index contributed by atoms with van der Waals surface area (Å²) in [5.41, 5.74) is 0.125. The van der Waals surface area contributed by atoms with E-state index in [1.54, 1.807) is 0 Å². The molecule has 2 saturated heterocycles. The van der Waals surface area contributed by atoms with Gasteiger partial charge < -0.3 is 23.7 Å². The smallest absolute Gasteiger partial charge is 0.165 e. The minimum absolute atomic E-state index is 0.0781. The first-order valence-electron chi connectivity index (χ1n) is 12.6. The van der Waals surface area contributed by atoms with Gasteiger partial charge in [-0.1, -0.05) is 42.5 Å². The third-order valence-corrected chi connectivity index (χ3v) is 6.51. The molecule has 0 spiro atoms. The summed E-state index contributed by atoms with van der Waals surface area (Å²) in [6.07, 6.45) is 6.41. The molecule has 0 N–H and O–H groups in total. The van der Waals surface area contributed by atoms with Crippen molar-refractivity contribution in [3.63, 3.8) is 0 Å². The number of ether oxygens (including phenoxy) is 5. The molecule has 0 saturated carbocycles. The highest BCUT2D eigenvalue weighted by atomic mass is 16.7. The molecule has 5 atom stereocenters. The Morgan fingerprint density at radius 3 is 2.43 bits per heavy atom. The average molecular weight is 484 g/mol. The van der Waals surface area contributed by atoms with Gasteiger partial charge in [0, 0.05) is 25.4 Å². The van der Waals surface area contributed by atoms with E-state index >= 15 is 0 Å². The van der Waals surface area contributed by atoms with Crippen LogP contribution in [-0.4, -0.2) is 42.1 Å². The van der Waals surface area contributed by atoms with Crippen molar-refractivity contribution in [1.29, 1.82) is 5.26 Å². The van der Waals surface area contributed by atoms with Crippen molar-refractivity contribution in [2.75, 3.05) is 6.61 Å². The molecule has 2 fully saturated rings. The van der Waals surface area contributed by atoms with Gasteiger partial charge in [-0.2, -0.15) is 5.26 Å². The van der Waals surface area contributed by atoms with Gasteiger partial charge in [-0.05, 0) is 52.5 Å². The van der Waals surface area contributed by atoms with Crippen molar-refractivity contribution in [2.24, 2.45) is 5.92 Å². The molecule has 192 valence electrons. The van der Waals surface area contributed by atoms with Crippen LogP contribution in [0.2, 0.25) is 0 Å². The fourth-order valence-electron chi connectivity index (χ4n) is 5.25. The Bertz CT molecular complexity index is 877. The maximum Gasteiger partial charge on any atom is 0.165 e. The van der Waals surface area contributed by atoms with E-state index in [0.29, 0.717) is 32.5 Å². The molecule has 2 aliphatic rings. The minimum atomic E-state index is -1.03. The van der Waals surface area contributed by atoms with Crippen LogP contribution in [0.5, 0.6) is 0 Å². The Morgan fingerprint density at radius 2 is 1.77 bits per heavy atom. The molecule has 2 heterocycles. The third kappa shape index (κ3) is 7.73. The lowest BCUT2D eigenvalue weighted by Gasteiger charge is -2.50. The predicted molar refractivity (Wildman–Crippen MR) is 135 cm³/mol. The first-order valence-corrected chi connectivity index (χ1v) is 12.6. The van der Waals surface area contributed by atoms with Crippen molar-refractivity contribution in [3.05, 3.63) is 61.2 Å². The number of benzene rings is 1. The quantitative estimate of drug-likeness (QED) is 0.281. The van der Waals surface area contributed by atoms with Gasteiger partial charge in [0.25, 0.3) is 0 Å². The van der Waals surface area contributed by atoms with Gasteiger partial charge in [-0.25, -0.2) is 0 Å². The molecule has 1 aromatic rings. The van der Waals surface area contributed by atoms with Crippen molar-refractivity contribution >= 4 is 0 Å². The lowest BCUT2D eigenvalue weighted by atomic mass is 9.81. The standard InChI is InChI=1S/C29H41NO5/c1-7-13-25-24(8-2)26(34-27(3,4)33-25)19-29(21-30)18-23(32-28(5,6)35-29)16-12-17-31-20-22-14-10-9-11-15-22/h7-11,14-15,23-26H,1-2,12-13,16-20H2,3-6H3/t23-,24-,25-,26-,29-/m0/s1. The van der Waals surface area contributed by atoms with Crippen LogP contribution < -0.4 is 0 Å². The fraction of sp³-hybridized carbons (Fsp3) is 0.621. The zero-order valence-corrected chi connectivity index (χ0v) is 21.7.